The average Bonchev–Trinajstić information content (AvgIpc) is 2.41. The SMILES string of the molecule is O=[N+]([O-])c1ccc(CNc2ccc(F)c(F)c2)c(Cl)c1. The largest absolute Gasteiger partial charge is 0.381 e. The summed E-state index contributed by atoms with van der Waals surface area (Å²) >= 11 is 5.92. The van der Waals surface area contributed by atoms with Gasteiger partial charge in [-0.1, -0.05) is 11.6 Å². The minimum atomic E-state index is -0.954. The van der Waals surface area contributed by atoms with Crippen molar-refractivity contribution in [2.24, 2.45) is 0 Å². The van der Waals surface area contributed by atoms with Gasteiger partial charge in [-0.3, -0.25) is 10.1 Å². The van der Waals surface area contributed by atoms with Gasteiger partial charge in [0.2, 0.25) is 0 Å². The Balaban J connectivity index is 2.10. The molecule has 0 aliphatic heterocycles. The highest BCUT2D eigenvalue weighted by molar-refractivity contribution is 6.31. The number of hydrogen-bond acceptors (Lipinski definition) is 3. The molecule has 1 N–H and O–H groups in total. The van der Waals surface area contributed by atoms with Crippen molar-refractivity contribution in [2.45, 2.75) is 6.54 Å². The van der Waals surface area contributed by atoms with Gasteiger partial charge in [-0.2, -0.15) is 0 Å². The molecule has 0 atom stereocenters. The summed E-state index contributed by atoms with van der Waals surface area (Å²) in [7, 11) is 0. The molecular weight excluding hydrogens is 290 g/mol. The molecule has 7 heteroatoms. The van der Waals surface area contributed by atoms with E-state index in [-0.39, 0.29) is 17.3 Å². The molecule has 0 saturated carbocycles. The Morgan fingerprint density at radius 1 is 1.15 bits per heavy atom. The fourth-order valence-electron chi connectivity index (χ4n) is 1.60. The van der Waals surface area contributed by atoms with Gasteiger partial charge < -0.3 is 5.32 Å². The van der Waals surface area contributed by atoms with Crippen molar-refractivity contribution < 1.29 is 13.7 Å². The zero-order chi connectivity index (χ0) is 14.7. The van der Waals surface area contributed by atoms with Crippen LogP contribution in [0.2, 0.25) is 5.02 Å². The first-order valence-corrected chi connectivity index (χ1v) is 5.97. The molecule has 0 spiro atoms. The van der Waals surface area contributed by atoms with Crippen LogP contribution in [0.5, 0.6) is 0 Å². The molecule has 4 nitrogen and oxygen atoms in total. The first kappa shape index (κ1) is 14.2. The second kappa shape index (κ2) is 5.83. The summed E-state index contributed by atoms with van der Waals surface area (Å²) in [5.74, 6) is -1.88. The van der Waals surface area contributed by atoms with E-state index in [1.165, 1.54) is 24.3 Å². The lowest BCUT2D eigenvalue weighted by atomic mass is 10.2. The molecule has 0 heterocycles. The van der Waals surface area contributed by atoms with Gasteiger partial charge >= 0.3 is 0 Å². The van der Waals surface area contributed by atoms with Crippen LogP contribution in [0.3, 0.4) is 0 Å². The molecule has 2 aromatic rings. The summed E-state index contributed by atoms with van der Waals surface area (Å²) in [6.45, 7) is 0.238. The maximum absolute atomic E-state index is 13.0. The molecule has 2 rings (SSSR count). The van der Waals surface area contributed by atoms with Crippen molar-refractivity contribution in [1.29, 1.82) is 0 Å². The third kappa shape index (κ3) is 3.21. The predicted molar refractivity (Wildman–Crippen MR) is 71.8 cm³/mol. The number of nitrogens with one attached hydrogen (secondary N) is 1. The molecule has 0 radical (unpaired) electrons. The second-order valence-electron chi connectivity index (χ2n) is 4.02. The number of nitro benzene ring substituents is 1. The molecule has 0 bridgehead atoms. The smallest absolute Gasteiger partial charge is 0.270 e. The molecular formula is C13H9ClF2N2O2. The summed E-state index contributed by atoms with van der Waals surface area (Å²) in [6, 6.07) is 7.49. The van der Waals surface area contributed by atoms with Gasteiger partial charge in [0.05, 0.1) is 9.95 Å². The van der Waals surface area contributed by atoms with Crippen LogP contribution in [0.25, 0.3) is 0 Å². The highest BCUT2D eigenvalue weighted by Crippen LogP contribution is 2.23. The molecule has 0 amide bonds. The van der Waals surface area contributed by atoms with E-state index >= 15 is 0 Å². The van der Waals surface area contributed by atoms with Crippen molar-refractivity contribution in [1.82, 2.24) is 0 Å². The van der Waals surface area contributed by atoms with Crippen molar-refractivity contribution in [3.63, 3.8) is 0 Å². The fourth-order valence-corrected chi connectivity index (χ4v) is 1.84. The van der Waals surface area contributed by atoms with Crippen molar-refractivity contribution in [3.8, 4) is 0 Å². The van der Waals surface area contributed by atoms with Gasteiger partial charge in [-0.15, -0.1) is 0 Å². The number of hydrogen-bond donors (Lipinski definition) is 1. The number of nitro groups is 1. The summed E-state index contributed by atoms with van der Waals surface area (Å²) < 4.78 is 25.8. The number of non-ortho nitro benzene ring substituents is 1. The Kier molecular flexibility index (Phi) is 4.14. The Morgan fingerprint density at radius 2 is 1.90 bits per heavy atom. The van der Waals surface area contributed by atoms with Crippen LogP contribution >= 0.6 is 11.6 Å². The van der Waals surface area contributed by atoms with Crippen molar-refractivity contribution in [3.05, 3.63) is 68.7 Å². The van der Waals surface area contributed by atoms with Gasteiger partial charge in [-0.25, -0.2) is 8.78 Å². The van der Waals surface area contributed by atoms with E-state index in [1.807, 2.05) is 0 Å². The molecule has 104 valence electrons. The van der Waals surface area contributed by atoms with E-state index < -0.39 is 16.6 Å². The minimum Gasteiger partial charge on any atom is -0.381 e. The minimum absolute atomic E-state index is 0.105. The molecule has 20 heavy (non-hydrogen) atoms. The first-order valence-electron chi connectivity index (χ1n) is 5.59. The molecule has 0 saturated heterocycles. The van der Waals surface area contributed by atoms with Crippen LogP contribution in [0, 0.1) is 21.7 Å². The summed E-state index contributed by atoms with van der Waals surface area (Å²) in [6.07, 6.45) is 0. The second-order valence-corrected chi connectivity index (χ2v) is 4.42. The maximum Gasteiger partial charge on any atom is 0.270 e. The number of nitrogens with zero attached hydrogens (tertiary/aromatic N) is 1. The molecule has 0 aliphatic rings. The average molecular weight is 299 g/mol. The topological polar surface area (TPSA) is 55.2 Å². The van der Waals surface area contributed by atoms with Crippen LogP contribution in [0.1, 0.15) is 5.56 Å². The lowest BCUT2D eigenvalue weighted by Crippen LogP contribution is -2.01. The van der Waals surface area contributed by atoms with Gasteiger partial charge in [0.25, 0.3) is 5.69 Å². The monoisotopic (exact) mass is 298 g/mol. The first-order chi connectivity index (χ1) is 9.47. The van der Waals surface area contributed by atoms with Gasteiger partial charge in [0, 0.05) is 30.4 Å². The Bertz CT molecular complexity index is 665. The Hall–Kier alpha value is -2.21. The highest BCUT2D eigenvalue weighted by Gasteiger charge is 2.09. The van der Waals surface area contributed by atoms with E-state index in [0.717, 1.165) is 12.1 Å². The van der Waals surface area contributed by atoms with E-state index in [4.69, 9.17) is 11.6 Å². The van der Waals surface area contributed by atoms with E-state index in [0.29, 0.717) is 11.3 Å². The zero-order valence-electron chi connectivity index (χ0n) is 10.1. The number of benzene rings is 2. The summed E-state index contributed by atoms with van der Waals surface area (Å²) in [4.78, 5) is 10.0. The third-order valence-corrected chi connectivity index (χ3v) is 3.00. The van der Waals surface area contributed by atoms with Gasteiger partial charge in [0.1, 0.15) is 0 Å². The number of anilines is 1. The molecule has 2 aromatic carbocycles. The summed E-state index contributed by atoms with van der Waals surface area (Å²) in [5, 5.41) is 13.7. The van der Waals surface area contributed by atoms with Gasteiger partial charge in [0.15, 0.2) is 11.6 Å². The summed E-state index contributed by atoms with van der Waals surface area (Å²) in [5.41, 5.74) is 0.895. The van der Waals surface area contributed by atoms with Crippen molar-refractivity contribution >= 4 is 23.0 Å². The highest BCUT2D eigenvalue weighted by atomic mass is 35.5. The van der Waals surface area contributed by atoms with Gasteiger partial charge in [-0.05, 0) is 23.8 Å². The van der Waals surface area contributed by atoms with Crippen LogP contribution in [-0.4, -0.2) is 4.92 Å². The van der Waals surface area contributed by atoms with Crippen LogP contribution < -0.4 is 5.32 Å². The molecule has 0 unspecified atom stereocenters. The lowest BCUT2D eigenvalue weighted by molar-refractivity contribution is -0.384. The number of rotatable bonds is 4. The van der Waals surface area contributed by atoms with E-state index in [9.17, 15) is 18.9 Å². The van der Waals surface area contributed by atoms with Crippen molar-refractivity contribution in [2.75, 3.05) is 5.32 Å². The Labute approximate surface area is 118 Å². The maximum atomic E-state index is 13.0. The number of halogens is 3. The normalized spacial score (nSPS) is 10.3. The third-order valence-electron chi connectivity index (χ3n) is 2.65. The fraction of sp³-hybridized carbons (Fsp3) is 0.0769. The van der Waals surface area contributed by atoms with E-state index in [2.05, 4.69) is 5.32 Å². The predicted octanol–water partition coefficient (Wildman–Crippen LogP) is 4.14. The van der Waals surface area contributed by atoms with Crippen LogP contribution in [0.4, 0.5) is 20.2 Å². The Morgan fingerprint density at radius 3 is 2.50 bits per heavy atom. The standard InChI is InChI=1S/C13H9ClF2N2O2/c14-11-6-10(18(19)20)3-1-8(11)7-17-9-2-4-12(15)13(16)5-9/h1-6,17H,7H2. The molecule has 0 aromatic heterocycles. The van der Waals surface area contributed by atoms with Crippen LogP contribution in [-0.2, 0) is 6.54 Å². The zero-order valence-corrected chi connectivity index (χ0v) is 10.8. The molecule has 0 fully saturated rings. The quantitative estimate of drug-likeness (QED) is 0.682. The lowest BCUT2D eigenvalue weighted by Gasteiger charge is -2.08. The molecule has 0 aliphatic carbocycles. The van der Waals surface area contributed by atoms with Crippen LogP contribution in [0.15, 0.2) is 36.4 Å². The van der Waals surface area contributed by atoms with E-state index in [1.54, 1.807) is 0 Å².